The predicted octanol–water partition coefficient (Wildman–Crippen LogP) is 3.44. The second-order valence-corrected chi connectivity index (χ2v) is 6.65. The van der Waals surface area contributed by atoms with Crippen molar-refractivity contribution in [2.24, 2.45) is 5.73 Å². The molecule has 1 saturated heterocycles. The Kier molecular flexibility index (Phi) is 4.87. The van der Waals surface area contributed by atoms with Crippen LogP contribution in [-0.4, -0.2) is 29.6 Å². The number of aryl methyl sites for hydroxylation is 2. The van der Waals surface area contributed by atoms with Crippen LogP contribution in [0.15, 0.2) is 18.2 Å². The van der Waals surface area contributed by atoms with Gasteiger partial charge in [0.1, 0.15) is 0 Å². The molecule has 2 unspecified atom stereocenters. The van der Waals surface area contributed by atoms with E-state index in [2.05, 4.69) is 50.8 Å². The van der Waals surface area contributed by atoms with Crippen molar-refractivity contribution >= 4 is 0 Å². The molecule has 0 amide bonds. The van der Waals surface area contributed by atoms with Crippen LogP contribution in [0.5, 0.6) is 0 Å². The Morgan fingerprint density at radius 2 is 1.90 bits per heavy atom. The molecule has 0 bridgehead atoms. The highest BCUT2D eigenvalue weighted by atomic mass is 15.2. The van der Waals surface area contributed by atoms with E-state index in [4.69, 9.17) is 5.73 Å². The number of hydrogen-bond acceptors (Lipinski definition) is 2. The van der Waals surface area contributed by atoms with E-state index in [9.17, 15) is 0 Å². The molecule has 20 heavy (non-hydrogen) atoms. The lowest BCUT2D eigenvalue weighted by Gasteiger charge is -2.43. The minimum absolute atomic E-state index is 0.132. The van der Waals surface area contributed by atoms with Crippen molar-refractivity contribution in [2.75, 3.05) is 13.1 Å². The maximum absolute atomic E-state index is 6.65. The first kappa shape index (κ1) is 15.5. The Morgan fingerprint density at radius 1 is 1.25 bits per heavy atom. The van der Waals surface area contributed by atoms with Gasteiger partial charge in [-0.15, -0.1) is 0 Å². The van der Waals surface area contributed by atoms with Gasteiger partial charge in [-0.2, -0.15) is 0 Å². The summed E-state index contributed by atoms with van der Waals surface area (Å²) in [6, 6.07) is 6.90. The molecule has 2 N–H and O–H groups in total. The number of rotatable bonds is 5. The zero-order chi connectivity index (χ0) is 14.8. The quantitative estimate of drug-likeness (QED) is 0.891. The van der Waals surface area contributed by atoms with Gasteiger partial charge >= 0.3 is 0 Å². The lowest BCUT2D eigenvalue weighted by atomic mass is 9.83. The lowest BCUT2D eigenvalue weighted by Crippen LogP contribution is -2.57. The second-order valence-electron chi connectivity index (χ2n) is 6.65. The van der Waals surface area contributed by atoms with Gasteiger partial charge < -0.3 is 5.73 Å². The Hall–Kier alpha value is -0.860. The fourth-order valence-electron chi connectivity index (χ4n) is 3.43. The summed E-state index contributed by atoms with van der Waals surface area (Å²) >= 11 is 0. The normalized spacial score (nSPS) is 20.9. The third-order valence-corrected chi connectivity index (χ3v) is 5.29. The average molecular weight is 274 g/mol. The first-order chi connectivity index (χ1) is 9.47. The molecular weight excluding hydrogens is 244 g/mol. The van der Waals surface area contributed by atoms with Gasteiger partial charge in [-0.3, -0.25) is 4.90 Å². The van der Waals surface area contributed by atoms with Crippen LogP contribution in [0.4, 0.5) is 0 Å². The largest absolute Gasteiger partial charge is 0.326 e. The van der Waals surface area contributed by atoms with Gasteiger partial charge in [0.15, 0.2) is 0 Å². The molecule has 2 nitrogen and oxygen atoms in total. The molecule has 0 aliphatic carbocycles. The van der Waals surface area contributed by atoms with Crippen LogP contribution in [0.3, 0.4) is 0 Å². The number of benzene rings is 1. The average Bonchev–Trinajstić information content (AvgIpc) is 2.96. The molecule has 2 heteroatoms. The summed E-state index contributed by atoms with van der Waals surface area (Å²) in [5.74, 6) is 0. The van der Waals surface area contributed by atoms with E-state index in [-0.39, 0.29) is 11.6 Å². The standard InChI is InChI=1S/C18H30N2/c1-5-18(4,20-10-6-7-11-20)17(19)13-16-12-14(2)8-9-15(16)3/h8-9,12,17H,5-7,10-11,13,19H2,1-4H3. The van der Waals surface area contributed by atoms with Crippen molar-refractivity contribution in [1.82, 2.24) is 4.90 Å². The molecule has 112 valence electrons. The van der Waals surface area contributed by atoms with Crippen LogP contribution in [-0.2, 0) is 6.42 Å². The highest BCUT2D eigenvalue weighted by Gasteiger charge is 2.37. The molecule has 0 saturated carbocycles. The van der Waals surface area contributed by atoms with Crippen LogP contribution in [0, 0.1) is 13.8 Å². The molecule has 1 heterocycles. The van der Waals surface area contributed by atoms with Crippen LogP contribution in [0.1, 0.15) is 49.8 Å². The van der Waals surface area contributed by atoms with Gasteiger partial charge in [-0.25, -0.2) is 0 Å². The molecule has 0 spiro atoms. The second kappa shape index (κ2) is 6.28. The molecule has 2 rings (SSSR count). The van der Waals surface area contributed by atoms with E-state index in [0.717, 1.165) is 12.8 Å². The Morgan fingerprint density at radius 3 is 2.50 bits per heavy atom. The Labute approximate surface area is 124 Å². The predicted molar refractivity (Wildman–Crippen MR) is 87.1 cm³/mol. The minimum Gasteiger partial charge on any atom is -0.326 e. The van der Waals surface area contributed by atoms with Crippen molar-refractivity contribution in [1.29, 1.82) is 0 Å². The number of nitrogens with zero attached hydrogens (tertiary/aromatic N) is 1. The highest BCUT2D eigenvalue weighted by molar-refractivity contribution is 5.31. The third kappa shape index (κ3) is 3.07. The maximum Gasteiger partial charge on any atom is 0.0332 e. The van der Waals surface area contributed by atoms with E-state index in [1.54, 1.807) is 0 Å². The summed E-state index contributed by atoms with van der Waals surface area (Å²) in [5.41, 5.74) is 10.9. The number of likely N-dealkylation sites (tertiary alicyclic amines) is 1. The van der Waals surface area contributed by atoms with Crippen molar-refractivity contribution < 1.29 is 0 Å². The van der Waals surface area contributed by atoms with Crippen LogP contribution in [0.2, 0.25) is 0 Å². The van der Waals surface area contributed by atoms with Crippen molar-refractivity contribution in [3.8, 4) is 0 Å². The first-order valence-corrected chi connectivity index (χ1v) is 8.04. The number of nitrogens with two attached hydrogens (primary N) is 1. The molecular formula is C18H30N2. The third-order valence-electron chi connectivity index (χ3n) is 5.29. The summed E-state index contributed by atoms with van der Waals surface area (Å²) in [4.78, 5) is 2.61. The zero-order valence-electron chi connectivity index (χ0n) is 13.6. The van der Waals surface area contributed by atoms with Crippen molar-refractivity contribution in [2.45, 2.75) is 65.0 Å². The fourth-order valence-corrected chi connectivity index (χ4v) is 3.43. The number of hydrogen-bond donors (Lipinski definition) is 1. The van der Waals surface area contributed by atoms with E-state index in [1.165, 1.54) is 42.6 Å². The Balaban J connectivity index is 2.16. The van der Waals surface area contributed by atoms with Gasteiger partial charge in [0.25, 0.3) is 0 Å². The topological polar surface area (TPSA) is 29.3 Å². The molecule has 1 aromatic carbocycles. The highest BCUT2D eigenvalue weighted by Crippen LogP contribution is 2.29. The smallest absolute Gasteiger partial charge is 0.0332 e. The molecule has 0 aromatic heterocycles. The van der Waals surface area contributed by atoms with Gasteiger partial charge in [-0.05, 0) is 70.7 Å². The molecule has 1 aliphatic heterocycles. The maximum atomic E-state index is 6.65. The van der Waals surface area contributed by atoms with Crippen LogP contribution >= 0.6 is 0 Å². The summed E-state index contributed by atoms with van der Waals surface area (Å²) in [6.45, 7) is 11.4. The van der Waals surface area contributed by atoms with E-state index in [1.807, 2.05) is 0 Å². The van der Waals surface area contributed by atoms with Gasteiger partial charge in [-0.1, -0.05) is 30.7 Å². The Bertz CT molecular complexity index is 449. The SMILES string of the molecule is CCC(C)(C(N)Cc1cc(C)ccc1C)N1CCCC1. The van der Waals surface area contributed by atoms with Gasteiger partial charge in [0, 0.05) is 11.6 Å². The van der Waals surface area contributed by atoms with Gasteiger partial charge in [0.2, 0.25) is 0 Å². The lowest BCUT2D eigenvalue weighted by molar-refractivity contribution is 0.0998. The van der Waals surface area contributed by atoms with E-state index in [0.29, 0.717) is 0 Å². The first-order valence-electron chi connectivity index (χ1n) is 8.04. The molecule has 1 aromatic rings. The van der Waals surface area contributed by atoms with Crippen LogP contribution in [0.25, 0.3) is 0 Å². The van der Waals surface area contributed by atoms with Gasteiger partial charge in [0.05, 0.1) is 0 Å². The molecule has 0 radical (unpaired) electrons. The summed E-state index contributed by atoms with van der Waals surface area (Å²) in [7, 11) is 0. The van der Waals surface area contributed by atoms with Crippen molar-refractivity contribution in [3.05, 3.63) is 34.9 Å². The minimum atomic E-state index is 0.132. The summed E-state index contributed by atoms with van der Waals surface area (Å²) in [5, 5.41) is 0. The summed E-state index contributed by atoms with van der Waals surface area (Å²) in [6.07, 6.45) is 4.75. The zero-order valence-corrected chi connectivity index (χ0v) is 13.6. The summed E-state index contributed by atoms with van der Waals surface area (Å²) < 4.78 is 0. The van der Waals surface area contributed by atoms with Crippen molar-refractivity contribution in [3.63, 3.8) is 0 Å². The van der Waals surface area contributed by atoms with E-state index >= 15 is 0 Å². The van der Waals surface area contributed by atoms with E-state index < -0.39 is 0 Å². The molecule has 1 fully saturated rings. The monoisotopic (exact) mass is 274 g/mol. The molecule has 2 atom stereocenters. The fraction of sp³-hybridized carbons (Fsp3) is 0.667. The van der Waals surface area contributed by atoms with Crippen LogP contribution < -0.4 is 5.73 Å². The molecule has 1 aliphatic rings.